The molecule has 0 saturated carbocycles. The molecule has 7 aromatic carbocycles. The van der Waals surface area contributed by atoms with Gasteiger partial charge in [-0.2, -0.15) is 0 Å². The van der Waals surface area contributed by atoms with E-state index < -0.39 is 0 Å². The van der Waals surface area contributed by atoms with Gasteiger partial charge in [0.15, 0.2) is 0 Å². The fourth-order valence-electron chi connectivity index (χ4n) is 9.05. The lowest BCUT2D eigenvalue weighted by atomic mass is 9.74. The van der Waals surface area contributed by atoms with Crippen LogP contribution in [0, 0.1) is 0 Å². The normalized spacial score (nSPS) is 16.7. The number of hydrogen-bond acceptors (Lipinski definition) is 1. The molecule has 10 rings (SSSR count). The monoisotopic (exact) mass is 628 g/mol. The van der Waals surface area contributed by atoms with E-state index in [4.69, 9.17) is 0 Å². The molecule has 0 radical (unpaired) electrons. The standard InChI is InChI=1S/C47H36N2/c1-46(2)39-20-12-22-42-44(39)45-40(46)21-13-23-43(45)49(42)34-26-24-33(25-27-34)48(32-16-8-5-9-17-32)35-28-29-37-36-18-10-11-19-38(36)47(3,41(37)30-35)31-14-6-4-7-15-31/h4-30H,1-3H3. The lowest BCUT2D eigenvalue weighted by Crippen LogP contribution is -2.22. The minimum Gasteiger partial charge on any atom is -0.310 e. The first kappa shape index (κ1) is 28.2. The van der Waals surface area contributed by atoms with Crippen molar-refractivity contribution in [3.8, 4) is 16.8 Å². The van der Waals surface area contributed by atoms with Crippen LogP contribution in [0.25, 0.3) is 38.6 Å². The van der Waals surface area contributed by atoms with Crippen LogP contribution in [0.4, 0.5) is 17.1 Å². The van der Waals surface area contributed by atoms with Gasteiger partial charge in [0.05, 0.1) is 11.0 Å². The molecule has 0 bridgehead atoms. The fraction of sp³-hybridized carbons (Fsp3) is 0.106. The summed E-state index contributed by atoms with van der Waals surface area (Å²) in [7, 11) is 0. The average molecular weight is 629 g/mol. The second-order valence-corrected chi connectivity index (χ2v) is 14.3. The number of rotatable bonds is 5. The second kappa shape index (κ2) is 10.1. The van der Waals surface area contributed by atoms with Gasteiger partial charge in [0.2, 0.25) is 0 Å². The number of aromatic nitrogens is 1. The van der Waals surface area contributed by atoms with E-state index in [1.165, 1.54) is 66.4 Å². The lowest BCUT2D eigenvalue weighted by molar-refractivity contribution is 0.662. The molecule has 1 unspecified atom stereocenters. The summed E-state index contributed by atoms with van der Waals surface area (Å²) in [5, 5.41) is 2.79. The van der Waals surface area contributed by atoms with Crippen LogP contribution in [0.2, 0.25) is 0 Å². The summed E-state index contributed by atoms with van der Waals surface area (Å²) in [6.45, 7) is 7.10. The highest BCUT2D eigenvalue weighted by atomic mass is 15.1. The van der Waals surface area contributed by atoms with Crippen LogP contribution in [0.1, 0.15) is 48.6 Å². The van der Waals surface area contributed by atoms with Crippen LogP contribution < -0.4 is 4.90 Å². The molecule has 8 aromatic rings. The Morgan fingerprint density at radius 2 is 0.959 bits per heavy atom. The van der Waals surface area contributed by atoms with Gasteiger partial charge in [-0.3, -0.25) is 0 Å². The smallest absolute Gasteiger partial charge is 0.0544 e. The molecule has 1 heterocycles. The zero-order chi connectivity index (χ0) is 32.9. The minimum absolute atomic E-state index is 0.0106. The van der Waals surface area contributed by atoms with Crippen LogP contribution in [0.15, 0.2) is 164 Å². The lowest BCUT2D eigenvalue weighted by Gasteiger charge is -2.31. The molecular formula is C47H36N2. The molecule has 0 spiro atoms. The summed E-state index contributed by atoms with van der Waals surface area (Å²) >= 11 is 0. The first-order valence-corrected chi connectivity index (χ1v) is 17.3. The van der Waals surface area contributed by atoms with Gasteiger partial charge < -0.3 is 9.47 Å². The maximum Gasteiger partial charge on any atom is 0.0544 e. The number of fused-ring (bicyclic) bond motifs is 3. The molecule has 2 heteroatoms. The van der Waals surface area contributed by atoms with E-state index in [0.29, 0.717) is 0 Å². The van der Waals surface area contributed by atoms with E-state index >= 15 is 0 Å². The Kier molecular flexibility index (Phi) is 5.79. The number of hydrogen-bond donors (Lipinski definition) is 0. The zero-order valence-electron chi connectivity index (χ0n) is 28.0. The third kappa shape index (κ3) is 3.77. The SMILES string of the molecule is CC1(C)c2cccc3c2c2c1cccc2n3-c1ccc(N(c2ccccc2)c2ccc3c(c2)C(C)(c2ccccc2)c2ccccc2-3)cc1. The van der Waals surface area contributed by atoms with E-state index in [2.05, 4.69) is 194 Å². The van der Waals surface area contributed by atoms with Gasteiger partial charge in [-0.15, -0.1) is 0 Å². The zero-order valence-corrected chi connectivity index (χ0v) is 28.0. The van der Waals surface area contributed by atoms with Gasteiger partial charge in [-0.25, -0.2) is 0 Å². The number of nitrogens with zero attached hydrogens (tertiary/aromatic N) is 2. The topological polar surface area (TPSA) is 8.17 Å². The van der Waals surface area contributed by atoms with Crippen molar-refractivity contribution in [3.63, 3.8) is 0 Å². The maximum atomic E-state index is 2.45. The van der Waals surface area contributed by atoms with Crippen LogP contribution >= 0.6 is 0 Å². The van der Waals surface area contributed by atoms with Crippen molar-refractivity contribution < 1.29 is 0 Å². The van der Waals surface area contributed by atoms with Crippen molar-refractivity contribution in [2.45, 2.75) is 31.6 Å². The summed E-state index contributed by atoms with van der Waals surface area (Å²) in [5.74, 6) is 0. The Bertz CT molecular complexity index is 2510. The summed E-state index contributed by atoms with van der Waals surface area (Å²) in [6, 6.07) is 60.4. The van der Waals surface area contributed by atoms with Crippen molar-refractivity contribution in [1.82, 2.24) is 4.57 Å². The Balaban J connectivity index is 1.13. The molecule has 2 aliphatic rings. The van der Waals surface area contributed by atoms with Crippen molar-refractivity contribution in [1.29, 1.82) is 0 Å². The molecule has 0 amide bonds. The van der Waals surface area contributed by atoms with Crippen molar-refractivity contribution in [3.05, 3.63) is 192 Å². The third-order valence-electron chi connectivity index (χ3n) is 11.5. The molecular weight excluding hydrogens is 593 g/mol. The van der Waals surface area contributed by atoms with Gasteiger partial charge in [-0.1, -0.05) is 117 Å². The molecule has 0 N–H and O–H groups in total. The predicted octanol–water partition coefficient (Wildman–Crippen LogP) is 12.2. The average Bonchev–Trinajstić information content (AvgIpc) is 3.72. The molecule has 0 fully saturated rings. The molecule has 0 saturated heterocycles. The molecule has 1 atom stereocenters. The number of para-hydroxylation sites is 1. The summed E-state index contributed by atoms with van der Waals surface area (Å²) in [5.41, 5.74) is 16.4. The first-order valence-electron chi connectivity index (χ1n) is 17.3. The molecule has 49 heavy (non-hydrogen) atoms. The van der Waals surface area contributed by atoms with Crippen LogP contribution in [0.5, 0.6) is 0 Å². The van der Waals surface area contributed by atoms with Crippen molar-refractivity contribution >= 4 is 38.9 Å². The highest BCUT2D eigenvalue weighted by molar-refractivity contribution is 6.16. The number of benzene rings is 7. The predicted molar refractivity (Wildman–Crippen MR) is 205 cm³/mol. The number of anilines is 3. The minimum atomic E-state index is -0.261. The largest absolute Gasteiger partial charge is 0.310 e. The second-order valence-electron chi connectivity index (χ2n) is 14.3. The summed E-state index contributed by atoms with van der Waals surface area (Å²) in [6.07, 6.45) is 0. The molecule has 0 aliphatic heterocycles. The quantitative estimate of drug-likeness (QED) is 0.184. The van der Waals surface area contributed by atoms with Crippen molar-refractivity contribution in [2.75, 3.05) is 4.90 Å². The molecule has 2 aliphatic carbocycles. The van der Waals surface area contributed by atoms with Crippen LogP contribution in [0.3, 0.4) is 0 Å². The Morgan fingerprint density at radius 1 is 0.429 bits per heavy atom. The van der Waals surface area contributed by atoms with Crippen LogP contribution in [-0.2, 0) is 10.8 Å². The summed E-state index contributed by atoms with van der Waals surface area (Å²) < 4.78 is 2.45. The highest BCUT2D eigenvalue weighted by Gasteiger charge is 2.41. The van der Waals surface area contributed by atoms with E-state index in [0.717, 1.165) is 17.1 Å². The third-order valence-corrected chi connectivity index (χ3v) is 11.5. The molecule has 2 nitrogen and oxygen atoms in total. The van der Waals surface area contributed by atoms with Crippen LogP contribution in [-0.4, -0.2) is 4.57 Å². The van der Waals surface area contributed by atoms with E-state index in [9.17, 15) is 0 Å². The van der Waals surface area contributed by atoms with Gasteiger partial charge in [-0.05, 0) is 107 Å². The highest BCUT2D eigenvalue weighted by Crippen LogP contribution is 2.54. The Labute approximate surface area is 287 Å². The maximum absolute atomic E-state index is 2.45. The molecule has 234 valence electrons. The van der Waals surface area contributed by atoms with Gasteiger partial charge in [0, 0.05) is 44.4 Å². The van der Waals surface area contributed by atoms with E-state index in [1.54, 1.807) is 0 Å². The Hall–Kier alpha value is -5.86. The summed E-state index contributed by atoms with van der Waals surface area (Å²) in [4.78, 5) is 2.40. The fourth-order valence-corrected chi connectivity index (χ4v) is 9.05. The van der Waals surface area contributed by atoms with Crippen molar-refractivity contribution in [2.24, 2.45) is 0 Å². The van der Waals surface area contributed by atoms with E-state index in [1.807, 2.05) is 0 Å². The van der Waals surface area contributed by atoms with E-state index in [-0.39, 0.29) is 10.8 Å². The Morgan fingerprint density at radius 3 is 1.63 bits per heavy atom. The van der Waals surface area contributed by atoms with Gasteiger partial charge in [0.25, 0.3) is 0 Å². The van der Waals surface area contributed by atoms with Gasteiger partial charge in [0.1, 0.15) is 0 Å². The molecule has 1 aromatic heterocycles. The first-order chi connectivity index (χ1) is 24.0. The van der Waals surface area contributed by atoms with Gasteiger partial charge >= 0.3 is 0 Å².